The summed E-state index contributed by atoms with van der Waals surface area (Å²) in [5, 5.41) is 29.0. The van der Waals surface area contributed by atoms with E-state index < -0.39 is 24.4 Å². The second-order valence-electron chi connectivity index (χ2n) is 8.79. The fourth-order valence-corrected chi connectivity index (χ4v) is 3.91. The zero-order valence-electron chi connectivity index (χ0n) is 19.4. The molecule has 0 unspecified atom stereocenters. The number of hydrogen-bond donors (Lipinski definition) is 3. The van der Waals surface area contributed by atoms with Crippen LogP contribution in [0.25, 0.3) is 0 Å². The van der Waals surface area contributed by atoms with Crippen molar-refractivity contribution in [3.05, 3.63) is 12.2 Å². The normalized spacial score (nSPS) is 22.9. The van der Waals surface area contributed by atoms with Crippen molar-refractivity contribution in [2.45, 2.75) is 128 Å². The van der Waals surface area contributed by atoms with Crippen LogP contribution < -0.4 is 0 Å². The van der Waals surface area contributed by atoms with Gasteiger partial charge in [0.2, 0.25) is 0 Å². The van der Waals surface area contributed by atoms with E-state index in [-0.39, 0.29) is 13.2 Å². The van der Waals surface area contributed by atoms with Crippen molar-refractivity contribution in [1.29, 1.82) is 0 Å². The molecule has 1 aliphatic rings. The summed E-state index contributed by atoms with van der Waals surface area (Å²) in [6.07, 6.45) is 20.6. The highest BCUT2D eigenvalue weighted by Crippen LogP contribution is 2.18. The average Bonchev–Trinajstić information content (AvgIpc) is 3.08. The summed E-state index contributed by atoms with van der Waals surface area (Å²) in [7, 11) is 0. The maximum absolute atomic E-state index is 9.95. The van der Waals surface area contributed by atoms with Crippen LogP contribution >= 0.6 is 0 Å². The molecule has 0 saturated carbocycles. The van der Waals surface area contributed by atoms with Gasteiger partial charge in [-0.3, -0.25) is 0 Å². The largest absolute Gasteiger partial charge is 0.388 e. The van der Waals surface area contributed by atoms with Crippen LogP contribution in [0.5, 0.6) is 0 Å². The van der Waals surface area contributed by atoms with Crippen LogP contribution in [-0.2, 0) is 9.47 Å². The minimum absolute atomic E-state index is 0.0624. The number of aliphatic hydroxyl groups is 3. The number of rotatable bonds is 20. The molecule has 0 aromatic rings. The van der Waals surface area contributed by atoms with Crippen LogP contribution in [0.2, 0.25) is 0 Å². The molecule has 1 rings (SSSR count). The average molecular weight is 429 g/mol. The van der Waals surface area contributed by atoms with E-state index in [1.807, 2.05) is 0 Å². The third kappa shape index (κ3) is 13.8. The Balaban J connectivity index is 1.78. The van der Waals surface area contributed by atoms with E-state index in [2.05, 4.69) is 19.1 Å². The van der Waals surface area contributed by atoms with E-state index in [0.29, 0.717) is 6.61 Å². The molecule has 30 heavy (non-hydrogen) atoms. The zero-order valence-corrected chi connectivity index (χ0v) is 19.4. The SMILES string of the molecule is CCCCCCCCCCCCCC/C=C/CCCOC[C@H](O)[C@@H]1OC[C@@H](O)[C@@H]1O. The molecule has 0 aromatic heterocycles. The quantitative estimate of drug-likeness (QED) is 0.190. The molecule has 1 aliphatic heterocycles. The third-order valence-corrected chi connectivity index (χ3v) is 5.91. The Morgan fingerprint density at radius 1 is 0.833 bits per heavy atom. The van der Waals surface area contributed by atoms with Crippen LogP contribution in [0, 0.1) is 0 Å². The van der Waals surface area contributed by atoms with Crippen LogP contribution in [0.1, 0.15) is 103 Å². The van der Waals surface area contributed by atoms with E-state index in [4.69, 9.17) is 9.47 Å². The second-order valence-corrected chi connectivity index (χ2v) is 8.79. The van der Waals surface area contributed by atoms with Gasteiger partial charge in [0.1, 0.15) is 24.4 Å². The summed E-state index contributed by atoms with van der Waals surface area (Å²) in [4.78, 5) is 0. The first-order valence-corrected chi connectivity index (χ1v) is 12.5. The zero-order chi connectivity index (χ0) is 21.9. The lowest BCUT2D eigenvalue weighted by atomic mass is 10.0. The molecular weight excluding hydrogens is 380 g/mol. The van der Waals surface area contributed by atoms with Gasteiger partial charge in [-0.1, -0.05) is 89.7 Å². The van der Waals surface area contributed by atoms with Gasteiger partial charge in [-0.15, -0.1) is 0 Å². The van der Waals surface area contributed by atoms with Crippen molar-refractivity contribution in [2.75, 3.05) is 19.8 Å². The van der Waals surface area contributed by atoms with E-state index in [9.17, 15) is 15.3 Å². The topological polar surface area (TPSA) is 79.2 Å². The molecule has 1 heterocycles. The van der Waals surface area contributed by atoms with Gasteiger partial charge in [0, 0.05) is 6.61 Å². The Kier molecular flexibility index (Phi) is 17.7. The third-order valence-electron chi connectivity index (χ3n) is 5.91. The van der Waals surface area contributed by atoms with Crippen molar-refractivity contribution in [2.24, 2.45) is 0 Å². The molecule has 0 spiro atoms. The number of hydrogen-bond acceptors (Lipinski definition) is 5. The molecule has 4 atom stereocenters. The predicted molar refractivity (Wildman–Crippen MR) is 123 cm³/mol. The predicted octanol–water partition coefficient (Wildman–Crippen LogP) is 4.91. The highest BCUT2D eigenvalue weighted by molar-refractivity contribution is 4.87. The van der Waals surface area contributed by atoms with Gasteiger partial charge in [-0.05, 0) is 25.7 Å². The fraction of sp³-hybridized carbons (Fsp3) is 0.920. The van der Waals surface area contributed by atoms with Crippen molar-refractivity contribution >= 4 is 0 Å². The van der Waals surface area contributed by atoms with E-state index in [1.54, 1.807) is 0 Å². The Labute approximate surface area is 184 Å². The van der Waals surface area contributed by atoms with Gasteiger partial charge in [-0.25, -0.2) is 0 Å². The molecule has 0 bridgehead atoms. The summed E-state index contributed by atoms with van der Waals surface area (Å²) in [5.41, 5.74) is 0. The van der Waals surface area contributed by atoms with E-state index >= 15 is 0 Å². The summed E-state index contributed by atoms with van der Waals surface area (Å²) < 4.78 is 10.6. The molecule has 3 N–H and O–H groups in total. The minimum Gasteiger partial charge on any atom is -0.388 e. The first-order chi connectivity index (χ1) is 14.7. The first-order valence-electron chi connectivity index (χ1n) is 12.5. The number of unbranched alkanes of at least 4 members (excludes halogenated alkanes) is 13. The van der Waals surface area contributed by atoms with Gasteiger partial charge in [-0.2, -0.15) is 0 Å². The number of ether oxygens (including phenoxy) is 2. The van der Waals surface area contributed by atoms with Crippen LogP contribution in [0.3, 0.4) is 0 Å². The molecule has 5 heteroatoms. The standard InChI is InChI=1S/C25H48O5/c1-2-3-4-5-6-7-8-9-10-11-12-13-14-15-16-17-18-19-29-20-23(27)25-24(28)22(26)21-30-25/h15-16,22-28H,2-14,17-21H2,1H3/b16-15+/t22-,23+,24+,25+/m1/s1. The Bertz CT molecular complexity index is 401. The summed E-state index contributed by atoms with van der Waals surface area (Å²) in [5.74, 6) is 0. The lowest BCUT2D eigenvalue weighted by Gasteiger charge is -2.20. The highest BCUT2D eigenvalue weighted by Gasteiger charge is 2.39. The van der Waals surface area contributed by atoms with Gasteiger partial charge in [0.25, 0.3) is 0 Å². The molecule has 1 saturated heterocycles. The maximum Gasteiger partial charge on any atom is 0.114 e. The summed E-state index contributed by atoms with van der Waals surface area (Å²) >= 11 is 0. The minimum atomic E-state index is -1.04. The summed E-state index contributed by atoms with van der Waals surface area (Å²) in [6, 6.07) is 0. The Morgan fingerprint density at radius 2 is 1.37 bits per heavy atom. The van der Waals surface area contributed by atoms with E-state index in [1.165, 1.54) is 77.0 Å². The van der Waals surface area contributed by atoms with Crippen molar-refractivity contribution in [3.8, 4) is 0 Å². The van der Waals surface area contributed by atoms with Gasteiger partial charge >= 0.3 is 0 Å². The van der Waals surface area contributed by atoms with Crippen LogP contribution in [0.15, 0.2) is 12.2 Å². The van der Waals surface area contributed by atoms with E-state index in [0.717, 1.165) is 19.3 Å². The molecule has 0 aromatic carbocycles. The lowest BCUT2D eigenvalue weighted by molar-refractivity contribution is -0.0811. The van der Waals surface area contributed by atoms with Crippen molar-refractivity contribution < 1.29 is 24.8 Å². The Hall–Kier alpha value is -0.460. The molecule has 178 valence electrons. The lowest BCUT2D eigenvalue weighted by Crippen LogP contribution is -2.40. The van der Waals surface area contributed by atoms with Crippen LogP contribution in [0.4, 0.5) is 0 Å². The highest BCUT2D eigenvalue weighted by atomic mass is 16.5. The number of allylic oxidation sites excluding steroid dienone is 2. The van der Waals surface area contributed by atoms with Gasteiger partial charge < -0.3 is 24.8 Å². The smallest absolute Gasteiger partial charge is 0.114 e. The maximum atomic E-state index is 9.95. The van der Waals surface area contributed by atoms with Gasteiger partial charge in [0.15, 0.2) is 0 Å². The van der Waals surface area contributed by atoms with Crippen molar-refractivity contribution in [1.82, 2.24) is 0 Å². The molecule has 5 nitrogen and oxygen atoms in total. The fourth-order valence-electron chi connectivity index (χ4n) is 3.91. The molecular formula is C25H48O5. The van der Waals surface area contributed by atoms with Crippen molar-refractivity contribution in [3.63, 3.8) is 0 Å². The monoisotopic (exact) mass is 428 g/mol. The second kappa shape index (κ2) is 19.2. The first kappa shape index (κ1) is 27.6. The van der Waals surface area contributed by atoms with Gasteiger partial charge in [0.05, 0.1) is 13.2 Å². The molecule has 0 radical (unpaired) electrons. The molecule has 1 fully saturated rings. The molecule has 0 amide bonds. The number of aliphatic hydroxyl groups excluding tert-OH is 3. The Morgan fingerprint density at radius 3 is 1.90 bits per heavy atom. The summed E-state index contributed by atoms with van der Waals surface area (Å²) in [6.45, 7) is 3.03. The van der Waals surface area contributed by atoms with Crippen LogP contribution in [-0.4, -0.2) is 59.6 Å². The molecule has 0 aliphatic carbocycles.